The molecule has 0 spiro atoms. The Balaban J connectivity index is 1.54. The van der Waals surface area contributed by atoms with Crippen molar-refractivity contribution in [1.29, 1.82) is 0 Å². The molecule has 1 aliphatic heterocycles. The maximum Gasteiger partial charge on any atom is 0.355 e. The number of aromatic nitrogens is 2. The number of hydrogen-bond acceptors (Lipinski definition) is 10. The van der Waals surface area contributed by atoms with Gasteiger partial charge in [-0.15, -0.1) is 10.1 Å². The number of nitrogens with one attached hydrogen (secondary N) is 1. The van der Waals surface area contributed by atoms with Crippen LogP contribution in [0.3, 0.4) is 0 Å². The van der Waals surface area contributed by atoms with E-state index < -0.39 is 71.3 Å². The number of fused-ring (bicyclic) bond motifs is 1. The quantitative estimate of drug-likeness (QED) is 0.0789. The summed E-state index contributed by atoms with van der Waals surface area (Å²) in [6.45, 7) is 1.91. The molecule has 1 aromatic heterocycles. The number of carbonyl (C=O) groups excluding carboxylic acids is 2. The molecule has 5 aromatic rings. The zero-order valence-electron chi connectivity index (χ0n) is 27.7. The van der Waals surface area contributed by atoms with E-state index in [1.807, 2.05) is 0 Å². The van der Waals surface area contributed by atoms with Crippen molar-refractivity contribution >= 4 is 17.6 Å². The summed E-state index contributed by atoms with van der Waals surface area (Å²) in [6, 6.07) is 23.5. The van der Waals surface area contributed by atoms with Crippen molar-refractivity contribution in [2.45, 2.75) is 38.6 Å². The van der Waals surface area contributed by atoms with Crippen molar-refractivity contribution in [3.05, 3.63) is 158 Å². The zero-order valence-corrected chi connectivity index (χ0v) is 27.7. The number of rotatable bonds is 11. The van der Waals surface area contributed by atoms with Crippen LogP contribution >= 0.6 is 0 Å². The molecule has 12 nitrogen and oxygen atoms in total. The molecule has 1 aliphatic rings. The van der Waals surface area contributed by atoms with Gasteiger partial charge in [0.25, 0.3) is 5.09 Å². The van der Waals surface area contributed by atoms with Crippen LogP contribution in [-0.4, -0.2) is 39.6 Å². The third kappa shape index (κ3) is 7.39. The van der Waals surface area contributed by atoms with Crippen LogP contribution in [0.25, 0.3) is 0 Å². The monoisotopic (exact) mass is 713 g/mol. The first-order valence-corrected chi connectivity index (χ1v) is 15.9. The summed E-state index contributed by atoms with van der Waals surface area (Å²) in [7, 11) is 0. The average Bonchev–Trinajstić information content (AvgIpc) is 3.22. The normalized spacial score (nSPS) is 16.0. The molecular weight excluding hydrogens is 683 g/mol. The van der Waals surface area contributed by atoms with Gasteiger partial charge in [0.1, 0.15) is 35.3 Å². The molecule has 0 aliphatic carbocycles. The lowest BCUT2D eigenvalue weighted by Gasteiger charge is -2.40. The van der Waals surface area contributed by atoms with Crippen molar-refractivity contribution in [2.75, 3.05) is 11.4 Å². The second-order valence-electron chi connectivity index (χ2n) is 11.9. The fourth-order valence-electron chi connectivity index (χ4n) is 6.14. The first kappa shape index (κ1) is 35.5. The molecule has 0 saturated heterocycles. The van der Waals surface area contributed by atoms with Crippen LogP contribution in [0.2, 0.25) is 0 Å². The van der Waals surface area contributed by atoms with Gasteiger partial charge in [-0.2, -0.15) is 0 Å². The molecule has 266 valence electrons. The lowest BCUT2D eigenvalue weighted by Crippen LogP contribution is -2.59. The van der Waals surface area contributed by atoms with Crippen LogP contribution in [0.1, 0.15) is 33.6 Å². The van der Waals surface area contributed by atoms with Crippen LogP contribution in [0.5, 0.6) is 11.8 Å². The van der Waals surface area contributed by atoms with E-state index in [9.17, 15) is 32.9 Å². The fourth-order valence-corrected chi connectivity index (χ4v) is 6.14. The third-order valence-electron chi connectivity index (χ3n) is 8.34. The fraction of sp³-hybridized carbons (Fsp3) is 0.189. The Kier molecular flexibility index (Phi) is 10.1. The third-order valence-corrected chi connectivity index (χ3v) is 8.34. The number of anilines is 1. The summed E-state index contributed by atoms with van der Waals surface area (Å²) in [5, 5.41) is 13.1. The number of nitrogens with zero attached hydrogens (tertiary/aromatic N) is 4. The highest BCUT2D eigenvalue weighted by molar-refractivity contribution is 5.97. The van der Waals surface area contributed by atoms with Gasteiger partial charge in [0, 0.05) is 40.3 Å². The lowest BCUT2D eigenvalue weighted by atomic mass is 9.77. The predicted molar refractivity (Wildman–Crippen MR) is 179 cm³/mol. The maximum atomic E-state index is 15.0. The Labute approximate surface area is 294 Å². The second-order valence-corrected chi connectivity index (χ2v) is 11.9. The average molecular weight is 714 g/mol. The van der Waals surface area contributed by atoms with Crippen LogP contribution in [0.15, 0.2) is 97.1 Å². The summed E-state index contributed by atoms with van der Waals surface area (Å²) in [5.74, 6) is -5.11. The lowest BCUT2D eigenvalue weighted by molar-refractivity contribution is -0.763. The molecule has 0 radical (unpaired) electrons. The second kappa shape index (κ2) is 14.9. The highest BCUT2D eigenvalue weighted by Crippen LogP contribution is 2.43. The van der Waals surface area contributed by atoms with Gasteiger partial charge in [-0.3, -0.25) is 10.1 Å². The molecule has 2 heterocycles. The number of amides is 1. The van der Waals surface area contributed by atoms with Gasteiger partial charge in [0.2, 0.25) is 12.0 Å². The Bertz CT molecular complexity index is 2110. The van der Waals surface area contributed by atoms with Crippen molar-refractivity contribution in [1.82, 2.24) is 15.3 Å². The van der Waals surface area contributed by atoms with Gasteiger partial charge in [-0.05, 0) is 49.2 Å². The first-order valence-electron chi connectivity index (χ1n) is 15.9. The molecular formula is C37H30F3N5O7. The van der Waals surface area contributed by atoms with Crippen molar-refractivity contribution in [2.24, 2.45) is 0 Å². The first-order chi connectivity index (χ1) is 24.9. The summed E-state index contributed by atoms with van der Waals surface area (Å²) >= 11 is 0. The van der Waals surface area contributed by atoms with Crippen molar-refractivity contribution in [3.63, 3.8) is 0 Å². The van der Waals surface area contributed by atoms with E-state index in [2.05, 4.69) is 20.1 Å². The molecule has 0 bridgehead atoms. The Hall–Kier alpha value is -6.35. The molecule has 1 N–H and O–H groups in total. The molecule has 52 heavy (non-hydrogen) atoms. The van der Waals surface area contributed by atoms with Crippen molar-refractivity contribution < 1.29 is 42.2 Å². The number of para-hydroxylation sites is 1. The minimum Gasteiger partial charge on any atom is -0.445 e. The van der Waals surface area contributed by atoms with E-state index >= 15 is 0 Å². The summed E-state index contributed by atoms with van der Waals surface area (Å²) in [4.78, 5) is 53.8. The Morgan fingerprint density at radius 3 is 2.31 bits per heavy atom. The minimum absolute atomic E-state index is 0.00512. The number of aryl methyl sites for hydroxylation is 2. The highest BCUT2D eigenvalue weighted by Gasteiger charge is 2.53. The molecule has 0 saturated carbocycles. The van der Waals surface area contributed by atoms with Crippen LogP contribution in [-0.2, 0) is 33.1 Å². The number of hydrogen-bond donors (Lipinski definition) is 1. The van der Waals surface area contributed by atoms with E-state index in [-0.39, 0.29) is 23.0 Å². The SMILES string of the molecule is Cc1cc(C)nc(OC(C(=O)Oc2cccc(CO[N+](=O)[O-])c2)C2(c3ccccc3)NCC(=O)N(Cc3c(F)cc(F)cc3F)c3ccccc32)n1. The van der Waals surface area contributed by atoms with E-state index in [1.165, 1.54) is 18.2 Å². The Morgan fingerprint density at radius 2 is 1.62 bits per heavy atom. The van der Waals surface area contributed by atoms with Gasteiger partial charge >= 0.3 is 12.0 Å². The minimum atomic E-state index is -1.77. The summed E-state index contributed by atoms with van der Waals surface area (Å²) in [5.41, 5.74) is -0.0761. The van der Waals surface area contributed by atoms with E-state index in [4.69, 9.17) is 9.47 Å². The topological polar surface area (TPSA) is 146 Å². The zero-order chi connectivity index (χ0) is 37.0. The van der Waals surface area contributed by atoms with E-state index in [1.54, 1.807) is 80.6 Å². The molecule has 2 unspecified atom stereocenters. The summed E-state index contributed by atoms with van der Waals surface area (Å²) < 4.78 is 56.1. The predicted octanol–water partition coefficient (Wildman–Crippen LogP) is 5.65. The Morgan fingerprint density at radius 1 is 0.942 bits per heavy atom. The largest absolute Gasteiger partial charge is 0.445 e. The van der Waals surface area contributed by atoms with Gasteiger partial charge in [0.05, 0.1) is 13.1 Å². The summed E-state index contributed by atoms with van der Waals surface area (Å²) in [6.07, 6.45) is -1.71. The van der Waals surface area contributed by atoms with Crippen LogP contribution in [0, 0.1) is 41.4 Å². The highest BCUT2D eigenvalue weighted by atomic mass is 19.1. The van der Waals surface area contributed by atoms with E-state index in [0.29, 0.717) is 34.6 Å². The molecule has 4 aromatic carbocycles. The molecule has 6 rings (SSSR count). The van der Waals surface area contributed by atoms with Gasteiger partial charge in [-0.25, -0.2) is 27.9 Å². The smallest absolute Gasteiger partial charge is 0.355 e. The van der Waals surface area contributed by atoms with Gasteiger partial charge in [0.15, 0.2) is 0 Å². The van der Waals surface area contributed by atoms with Crippen molar-refractivity contribution in [3.8, 4) is 11.8 Å². The molecule has 1 amide bonds. The molecule has 0 fully saturated rings. The molecule has 15 heteroatoms. The van der Waals surface area contributed by atoms with Gasteiger partial charge < -0.3 is 19.2 Å². The number of esters is 1. The van der Waals surface area contributed by atoms with Gasteiger partial charge in [-0.1, -0.05) is 60.7 Å². The van der Waals surface area contributed by atoms with E-state index in [0.717, 1.165) is 4.90 Å². The standard InChI is InChI=1S/C37H30F3N5O7/c1-22-15-23(2)43-36(42-22)52-34(35(47)51-27-12-8-9-24(16-27)21-50-45(48)49)37(25-10-4-3-5-11-25)29-13-6-7-14-32(29)44(33(46)19-41-37)20-28-30(39)17-26(38)18-31(28)40/h3-18,34,41H,19-21H2,1-2H3. The van der Waals surface area contributed by atoms with Crippen LogP contribution in [0.4, 0.5) is 18.9 Å². The maximum absolute atomic E-state index is 15.0. The number of halogens is 3. The number of benzene rings is 4. The number of ether oxygens (including phenoxy) is 2. The molecule has 2 atom stereocenters. The number of carbonyl (C=O) groups is 2. The van der Waals surface area contributed by atoms with Crippen LogP contribution < -0.4 is 19.7 Å².